The summed E-state index contributed by atoms with van der Waals surface area (Å²) in [6.45, 7) is 2.90. The Morgan fingerprint density at radius 1 is 1.47 bits per heavy atom. The van der Waals surface area contributed by atoms with Gasteiger partial charge in [-0.2, -0.15) is 0 Å². The number of carboxylic acids is 1. The van der Waals surface area contributed by atoms with E-state index in [1.54, 1.807) is 24.3 Å². The average Bonchev–Trinajstić information content (AvgIpc) is 2.16. The number of hydrogen-bond acceptors (Lipinski definition) is 2. The van der Waals surface area contributed by atoms with Gasteiger partial charge < -0.3 is 10.2 Å². The molecule has 2 unspecified atom stereocenters. The van der Waals surface area contributed by atoms with Crippen molar-refractivity contribution in [2.24, 2.45) is 5.92 Å². The van der Waals surface area contributed by atoms with Gasteiger partial charge in [-0.1, -0.05) is 29.8 Å². The third kappa shape index (κ3) is 2.30. The van der Waals surface area contributed by atoms with Crippen LogP contribution in [0.25, 0.3) is 0 Å². The number of benzene rings is 1. The van der Waals surface area contributed by atoms with Gasteiger partial charge in [-0.05, 0) is 19.9 Å². The van der Waals surface area contributed by atoms with Crippen LogP contribution < -0.4 is 0 Å². The second kappa shape index (κ2) is 4.21. The molecule has 1 aromatic carbocycles. The van der Waals surface area contributed by atoms with Gasteiger partial charge in [0.1, 0.15) is 5.60 Å². The molecule has 3 nitrogen and oxygen atoms in total. The van der Waals surface area contributed by atoms with Gasteiger partial charge in [-0.3, -0.25) is 4.79 Å². The van der Waals surface area contributed by atoms with Gasteiger partial charge in [0.15, 0.2) is 0 Å². The Hall–Kier alpha value is -1.06. The quantitative estimate of drug-likeness (QED) is 0.835. The van der Waals surface area contributed by atoms with Crippen LogP contribution in [0.5, 0.6) is 0 Å². The predicted molar refractivity (Wildman–Crippen MR) is 57.8 cm³/mol. The van der Waals surface area contributed by atoms with Crippen LogP contribution in [-0.2, 0) is 10.4 Å². The van der Waals surface area contributed by atoms with E-state index >= 15 is 0 Å². The summed E-state index contributed by atoms with van der Waals surface area (Å²) in [6.07, 6.45) is 0. The highest BCUT2D eigenvalue weighted by atomic mass is 35.5. The van der Waals surface area contributed by atoms with Crippen molar-refractivity contribution in [1.29, 1.82) is 0 Å². The lowest BCUT2D eigenvalue weighted by Crippen LogP contribution is -2.35. The Morgan fingerprint density at radius 2 is 2.00 bits per heavy atom. The van der Waals surface area contributed by atoms with Crippen molar-refractivity contribution < 1.29 is 15.0 Å². The molecule has 0 amide bonds. The summed E-state index contributed by atoms with van der Waals surface area (Å²) >= 11 is 5.90. The lowest BCUT2D eigenvalue weighted by molar-refractivity contribution is -0.150. The van der Waals surface area contributed by atoms with Crippen molar-refractivity contribution in [3.8, 4) is 0 Å². The smallest absolute Gasteiger partial charge is 0.309 e. The molecule has 1 rings (SSSR count). The van der Waals surface area contributed by atoms with E-state index in [-0.39, 0.29) is 0 Å². The van der Waals surface area contributed by atoms with E-state index in [4.69, 9.17) is 16.7 Å². The van der Waals surface area contributed by atoms with Crippen LogP contribution in [0.1, 0.15) is 19.4 Å². The van der Waals surface area contributed by atoms with Gasteiger partial charge in [0, 0.05) is 10.6 Å². The third-order valence-corrected chi connectivity index (χ3v) is 2.96. The number of hydrogen-bond donors (Lipinski definition) is 2. The number of rotatable bonds is 3. The van der Waals surface area contributed by atoms with E-state index in [2.05, 4.69) is 0 Å². The summed E-state index contributed by atoms with van der Waals surface area (Å²) in [6, 6.07) is 6.69. The lowest BCUT2D eigenvalue weighted by atomic mass is 9.84. The average molecular weight is 229 g/mol. The van der Waals surface area contributed by atoms with Crippen molar-refractivity contribution in [3.63, 3.8) is 0 Å². The molecule has 0 aliphatic rings. The zero-order chi connectivity index (χ0) is 11.6. The van der Waals surface area contributed by atoms with Gasteiger partial charge >= 0.3 is 5.97 Å². The minimum Gasteiger partial charge on any atom is -0.481 e. The normalized spacial score (nSPS) is 16.8. The number of carboxylic acid groups (broad SMARTS) is 1. The molecule has 0 aliphatic carbocycles. The van der Waals surface area contributed by atoms with Crippen LogP contribution in [0.15, 0.2) is 24.3 Å². The third-order valence-electron chi connectivity index (χ3n) is 2.63. The maximum atomic E-state index is 10.8. The van der Waals surface area contributed by atoms with E-state index in [9.17, 15) is 9.90 Å². The molecule has 0 saturated heterocycles. The second-order valence-corrected chi connectivity index (χ2v) is 4.09. The number of halogens is 1. The molecule has 0 heterocycles. The van der Waals surface area contributed by atoms with Crippen LogP contribution >= 0.6 is 11.6 Å². The van der Waals surface area contributed by atoms with E-state index in [0.29, 0.717) is 10.6 Å². The van der Waals surface area contributed by atoms with Crippen molar-refractivity contribution >= 4 is 17.6 Å². The first-order valence-electron chi connectivity index (χ1n) is 4.57. The van der Waals surface area contributed by atoms with Crippen molar-refractivity contribution in [2.45, 2.75) is 19.4 Å². The maximum Gasteiger partial charge on any atom is 0.309 e. The van der Waals surface area contributed by atoms with Crippen LogP contribution in [-0.4, -0.2) is 16.2 Å². The summed E-state index contributed by atoms with van der Waals surface area (Å²) in [7, 11) is 0. The Bertz CT molecular complexity index is 374. The highest BCUT2D eigenvalue weighted by Gasteiger charge is 2.36. The molecule has 0 fully saturated rings. The number of carbonyl (C=O) groups is 1. The van der Waals surface area contributed by atoms with Crippen molar-refractivity contribution in [2.75, 3.05) is 0 Å². The first-order chi connectivity index (χ1) is 6.87. The molecule has 0 bridgehead atoms. The maximum absolute atomic E-state index is 10.8. The fourth-order valence-corrected chi connectivity index (χ4v) is 1.67. The van der Waals surface area contributed by atoms with E-state index < -0.39 is 17.5 Å². The van der Waals surface area contributed by atoms with E-state index in [0.717, 1.165) is 0 Å². The Morgan fingerprint density at radius 3 is 2.47 bits per heavy atom. The Kier molecular flexibility index (Phi) is 3.37. The van der Waals surface area contributed by atoms with Crippen LogP contribution in [0.2, 0.25) is 5.02 Å². The molecule has 1 aromatic rings. The molecular formula is C11H13ClO3. The van der Waals surface area contributed by atoms with Gasteiger partial charge in [0.25, 0.3) is 0 Å². The fraction of sp³-hybridized carbons (Fsp3) is 0.364. The molecule has 0 saturated carbocycles. The standard InChI is InChI=1S/C11H13ClO3/c1-7(10(13)14)11(2,15)8-5-3-4-6-9(8)12/h3-7,15H,1-2H3,(H,13,14). The summed E-state index contributed by atoms with van der Waals surface area (Å²) in [5.41, 5.74) is -1.04. The fourth-order valence-electron chi connectivity index (χ4n) is 1.35. The van der Waals surface area contributed by atoms with Gasteiger partial charge in [-0.15, -0.1) is 0 Å². The monoisotopic (exact) mass is 228 g/mol. The molecule has 0 aromatic heterocycles. The van der Waals surface area contributed by atoms with Gasteiger partial charge in [0.05, 0.1) is 5.92 Å². The zero-order valence-corrected chi connectivity index (χ0v) is 9.32. The Balaban J connectivity index is 3.16. The molecule has 0 spiro atoms. The van der Waals surface area contributed by atoms with Crippen LogP contribution in [0.3, 0.4) is 0 Å². The topological polar surface area (TPSA) is 57.5 Å². The zero-order valence-electron chi connectivity index (χ0n) is 8.57. The molecule has 4 heteroatoms. The predicted octanol–water partition coefficient (Wildman–Crippen LogP) is 2.27. The van der Waals surface area contributed by atoms with Crippen LogP contribution in [0, 0.1) is 5.92 Å². The van der Waals surface area contributed by atoms with Gasteiger partial charge in [-0.25, -0.2) is 0 Å². The lowest BCUT2D eigenvalue weighted by Gasteiger charge is -2.28. The molecule has 2 N–H and O–H groups in total. The molecule has 82 valence electrons. The van der Waals surface area contributed by atoms with Crippen molar-refractivity contribution in [3.05, 3.63) is 34.9 Å². The van der Waals surface area contributed by atoms with Crippen molar-refractivity contribution in [1.82, 2.24) is 0 Å². The summed E-state index contributed by atoms with van der Waals surface area (Å²) in [5, 5.41) is 19.4. The minimum atomic E-state index is -1.47. The first kappa shape index (κ1) is 12.0. The molecule has 0 aliphatic heterocycles. The van der Waals surface area contributed by atoms with Gasteiger partial charge in [0.2, 0.25) is 0 Å². The first-order valence-corrected chi connectivity index (χ1v) is 4.95. The molecule has 0 radical (unpaired) electrons. The summed E-state index contributed by atoms with van der Waals surface area (Å²) < 4.78 is 0. The highest BCUT2D eigenvalue weighted by Crippen LogP contribution is 2.33. The number of aliphatic carboxylic acids is 1. The highest BCUT2D eigenvalue weighted by molar-refractivity contribution is 6.31. The van der Waals surface area contributed by atoms with Crippen LogP contribution in [0.4, 0.5) is 0 Å². The summed E-state index contributed by atoms with van der Waals surface area (Å²) in [5.74, 6) is -1.97. The largest absolute Gasteiger partial charge is 0.481 e. The van der Waals surface area contributed by atoms with E-state index in [1.807, 2.05) is 0 Å². The molecule has 15 heavy (non-hydrogen) atoms. The molecule has 2 atom stereocenters. The number of aliphatic hydroxyl groups is 1. The Labute approximate surface area is 93.3 Å². The minimum absolute atomic E-state index is 0.371. The van der Waals surface area contributed by atoms with E-state index in [1.165, 1.54) is 13.8 Å². The second-order valence-electron chi connectivity index (χ2n) is 3.69. The molecular weight excluding hydrogens is 216 g/mol. The summed E-state index contributed by atoms with van der Waals surface area (Å²) in [4.78, 5) is 10.8. The SMILES string of the molecule is CC(C(=O)O)C(C)(O)c1ccccc1Cl.